The molecule has 0 atom stereocenters. The van der Waals surface area contributed by atoms with E-state index in [1.54, 1.807) is 0 Å². The molecule has 0 aliphatic heterocycles. The van der Waals surface area contributed by atoms with Crippen LogP contribution < -0.4 is 0 Å². The summed E-state index contributed by atoms with van der Waals surface area (Å²) in [6.45, 7) is 0. The van der Waals surface area contributed by atoms with Crippen molar-refractivity contribution in [2.45, 2.75) is 0 Å². The Morgan fingerprint density at radius 3 is 0.500 bits per heavy atom. The summed E-state index contributed by atoms with van der Waals surface area (Å²) in [5.41, 5.74) is 0. The van der Waals surface area contributed by atoms with E-state index in [1.165, 1.54) is 0 Å². The van der Waals surface area contributed by atoms with Crippen LogP contribution in [0.2, 0.25) is 0 Å². The van der Waals surface area contributed by atoms with Gasteiger partial charge in [0, 0.05) is 76.3 Å². The molecule has 0 spiro atoms. The Balaban J connectivity index is 0. The first-order valence-corrected chi connectivity index (χ1v) is 0. The van der Waals surface area contributed by atoms with Crippen molar-refractivity contribution in [3.8, 4) is 0 Å². The van der Waals surface area contributed by atoms with Gasteiger partial charge in [0.25, 0.3) is 0 Å². The molecule has 0 aliphatic carbocycles. The van der Waals surface area contributed by atoms with Crippen molar-refractivity contribution in [2.24, 2.45) is 0 Å². The van der Waals surface area contributed by atoms with Gasteiger partial charge in [0.2, 0.25) is 0 Å². The van der Waals surface area contributed by atoms with Crippen molar-refractivity contribution in [2.75, 3.05) is 0 Å². The third-order valence-electron chi connectivity index (χ3n) is 0. The maximum atomic E-state index is 0. The average Bonchev–Trinajstić information content (AvgIpc) is 0. The summed E-state index contributed by atoms with van der Waals surface area (Å²) in [7, 11) is 0. The molecule has 0 aromatic rings. The van der Waals surface area contributed by atoms with Gasteiger partial charge in [-0.2, -0.15) is 0 Å². The van der Waals surface area contributed by atoms with Gasteiger partial charge >= 0.3 is 0 Å². The van der Waals surface area contributed by atoms with Gasteiger partial charge in [-0.25, -0.2) is 0 Å². The van der Waals surface area contributed by atoms with Crippen LogP contribution in [0.15, 0.2) is 0 Å². The van der Waals surface area contributed by atoms with Gasteiger partial charge in [-0.15, -0.1) is 0 Å². The largest absolute Gasteiger partial charge is 0 e. The zero-order valence-electron chi connectivity index (χ0n) is 1.42. The minimum absolute atomic E-state index is 0. The fourth-order valence-electron chi connectivity index (χ4n) is 0. The molecule has 0 heterocycles. The minimum atomic E-state index is 0. The van der Waals surface area contributed by atoms with E-state index in [2.05, 4.69) is 0 Å². The molecule has 0 nitrogen and oxygen atoms in total. The molecular weight excluding hydrogens is 495 g/mol. The summed E-state index contributed by atoms with van der Waals surface area (Å²) in [5, 5.41) is 0. The second-order valence-corrected chi connectivity index (χ2v) is 0. The SMILES string of the molecule is [Cu].[Cu].[W].[W]. The van der Waals surface area contributed by atoms with Gasteiger partial charge in [0.1, 0.15) is 0 Å². The average molecular weight is 495 g/mol. The van der Waals surface area contributed by atoms with E-state index in [1.807, 2.05) is 0 Å². The fourth-order valence-corrected chi connectivity index (χ4v) is 0. The minimum Gasteiger partial charge on any atom is 0 e. The molecule has 0 saturated heterocycles. The maximum Gasteiger partial charge on any atom is 0 e. The van der Waals surface area contributed by atoms with Gasteiger partial charge in [-0.3, -0.25) is 0 Å². The Labute approximate surface area is 75.3 Å². The first kappa shape index (κ1) is 32.2. The molecule has 0 N–H and O–H groups in total. The summed E-state index contributed by atoms with van der Waals surface area (Å²) in [6.07, 6.45) is 0. The van der Waals surface area contributed by atoms with E-state index in [0.29, 0.717) is 0 Å². The van der Waals surface area contributed by atoms with Crippen molar-refractivity contribution in [3.05, 3.63) is 0 Å². The second-order valence-electron chi connectivity index (χ2n) is 0. The van der Waals surface area contributed by atoms with Crippen LogP contribution >= 0.6 is 0 Å². The zero-order chi connectivity index (χ0) is 0. The normalized spacial score (nSPS) is 0. The first-order chi connectivity index (χ1) is 0. The van der Waals surface area contributed by atoms with Gasteiger partial charge in [-0.1, -0.05) is 0 Å². The van der Waals surface area contributed by atoms with Crippen molar-refractivity contribution in [1.82, 2.24) is 0 Å². The van der Waals surface area contributed by atoms with Crippen LogP contribution in [-0.2, 0) is 76.3 Å². The molecule has 4 heteroatoms. The molecule has 0 saturated carbocycles. The van der Waals surface area contributed by atoms with Crippen LogP contribution in [-0.4, -0.2) is 0 Å². The molecule has 0 unspecified atom stereocenters. The molecule has 0 rings (SSSR count). The summed E-state index contributed by atoms with van der Waals surface area (Å²) < 4.78 is 0. The van der Waals surface area contributed by atoms with Gasteiger partial charge in [0.05, 0.1) is 0 Å². The summed E-state index contributed by atoms with van der Waals surface area (Å²) in [6, 6.07) is 0. The topological polar surface area (TPSA) is 0 Å². The van der Waals surface area contributed by atoms with Crippen molar-refractivity contribution in [3.63, 3.8) is 0 Å². The van der Waals surface area contributed by atoms with Gasteiger partial charge in [0.15, 0.2) is 0 Å². The van der Waals surface area contributed by atoms with Crippen molar-refractivity contribution < 1.29 is 76.3 Å². The predicted molar refractivity (Wildman–Crippen MR) is 0 cm³/mol. The number of rotatable bonds is 0. The van der Waals surface area contributed by atoms with Crippen LogP contribution in [0.3, 0.4) is 0 Å². The molecular formula is Cu2W2. The smallest absolute Gasteiger partial charge is 0 e. The summed E-state index contributed by atoms with van der Waals surface area (Å²) in [5.74, 6) is 0. The molecule has 0 aliphatic rings. The molecule has 34 valence electrons. The predicted octanol–water partition coefficient (Wildman–Crippen LogP) is -0.0100. The van der Waals surface area contributed by atoms with E-state index in [9.17, 15) is 0 Å². The Bertz CT molecular complexity index is 4.00. The van der Waals surface area contributed by atoms with E-state index in [0.717, 1.165) is 0 Å². The standard InChI is InChI=1S/2Cu.2W. The number of hydrogen-bond donors (Lipinski definition) is 0. The van der Waals surface area contributed by atoms with E-state index in [4.69, 9.17) is 0 Å². The van der Waals surface area contributed by atoms with Crippen molar-refractivity contribution in [1.29, 1.82) is 0 Å². The fraction of sp³-hybridized carbons (Fsp3) is 0. The molecule has 0 bridgehead atoms. The molecule has 4 heavy (non-hydrogen) atoms. The first-order valence-electron chi connectivity index (χ1n) is 0. The van der Waals surface area contributed by atoms with Crippen molar-refractivity contribution >= 4 is 0 Å². The Morgan fingerprint density at radius 2 is 0.500 bits per heavy atom. The molecule has 0 fully saturated rings. The monoisotopic (exact) mass is 494 g/mol. The number of hydrogen-bond acceptors (Lipinski definition) is 0. The Morgan fingerprint density at radius 1 is 0.500 bits per heavy atom. The van der Waals surface area contributed by atoms with Crippen LogP contribution in [0.4, 0.5) is 0 Å². The third-order valence-corrected chi connectivity index (χ3v) is 0. The Hall–Kier alpha value is 2.42. The summed E-state index contributed by atoms with van der Waals surface area (Å²) in [4.78, 5) is 0. The third kappa shape index (κ3) is 8.83. The quantitative estimate of drug-likeness (QED) is 0.416. The molecule has 0 aromatic heterocycles. The molecule has 2 radical (unpaired) electrons. The Kier molecular flexibility index (Phi) is 146. The van der Waals surface area contributed by atoms with E-state index < -0.39 is 0 Å². The van der Waals surface area contributed by atoms with Gasteiger partial charge in [-0.05, 0) is 0 Å². The molecule has 0 amide bonds. The molecule has 0 aromatic carbocycles. The van der Waals surface area contributed by atoms with E-state index >= 15 is 0 Å². The maximum absolute atomic E-state index is 0. The second kappa shape index (κ2) is 18.1. The summed E-state index contributed by atoms with van der Waals surface area (Å²) >= 11 is 0. The van der Waals surface area contributed by atoms with Crippen LogP contribution in [0, 0.1) is 0 Å². The van der Waals surface area contributed by atoms with Crippen LogP contribution in [0.1, 0.15) is 0 Å². The van der Waals surface area contributed by atoms with Crippen LogP contribution in [0.5, 0.6) is 0 Å². The zero-order valence-corrected chi connectivity index (χ0v) is 9.17. The van der Waals surface area contributed by atoms with Gasteiger partial charge < -0.3 is 0 Å². The van der Waals surface area contributed by atoms with Crippen LogP contribution in [0.25, 0.3) is 0 Å². The van der Waals surface area contributed by atoms with E-state index in [-0.39, 0.29) is 76.3 Å².